The monoisotopic (exact) mass is 257 g/mol. The van der Waals surface area contributed by atoms with Crippen LogP contribution in [-0.2, 0) is 6.54 Å². The minimum Gasteiger partial charge on any atom is -0.394 e. The van der Waals surface area contributed by atoms with Gasteiger partial charge in [0.1, 0.15) is 0 Å². The van der Waals surface area contributed by atoms with Gasteiger partial charge >= 0.3 is 0 Å². The van der Waals surface area contributed by atoms with Gasteiger partial charge in [0.25, 0.3) is 0 Å². The maximum atomic E-state index is 9.13. The molecule has 0 amide bonds. The first-order chi connectivity index (χ1) is 8.12. The maximum Gasteiger partial charge on any atom is 0.0949 e. The number of hydrogen-bond acceptors (Lipinski definition) is 4. The van der Waals surface area contributed by atoms with Crippen LogP contribution < -0.4 is 5.73 Å². The third-order valence-electron chi connectivity index (χ3n) is 3.50. The van der Waals surface area contributed by atoms with Crippen molar-refractivity contribution in [1.29, 1.82) is 0 Å². The molecule has 0 bridgehead atoms. The summed E-state index contributed by atoms with van der Waals surface area (Å²) in [6, 6.07) is -0.342. The minimum absolute atomic E-state index is 0.0454. The number of aliphatic hydroxyl groups is 1. The molecule has 1 heterocycles. The highest BCUT2D eigenvalue weighted by molar-refractivity contribution is 8.00. The zero-order chi connectivity index (χ0) is 12.9. The van der Waals surface area contributed by atoms with Gasteiger partial charge in [-0.2, -0.15) is 11.8 Å². The molecule has 1 unspecified atom stereocenters. The molecule has 1 atom stereocenters. The fourth-order valence-electron chi connectivity index (χ4n) is 2.00. The summed E-state index contributed by atoms with van der Waals surface area (Å²) < 4.78 is 2.30. The molecule has 1 rings (SSSR count). The topological polar surface area (TPSA) is 64.1 Å². The van der Waals surface area contributed by atoms with E-state index in [2.05, 4.69) is 29.7 Å². The van der Waals surface area contributed by atoms with Crippen LogP contribution in [-0.4, -0.2) is 32.3 Å². The zero-order valence-electron chi connectivity index (χ0n) is 10.9. The highest BCUT2D eigenvalue weighted by atomic mass is 32.2. The van der Waals surface area contributed by atoms with Crippen molar-refractivity contribution in [3.63, 3.8) is 0 Å². The van der Waals surface area contributed by atoms with Crippen molar-refractivity contribution in [2.75, 3.05) is 12.9 Å². The van der Waals surface area contributed by atoms with Gasteiger partial charge in [-0.1, -0.05) is 13.8 Å². The summed E-state index contributed by atoms with van der Waals surface area (Å²) in [4.78, 5) is 4.14. The van der Waals surface area contributed by atoms with Crippen LogP contribution in [0.4, 0.5) is 0 Å². The van der Waals surface area contributed by atoms with E-state index in [-0.39, 0.29) is 17.4 Å². The molecule has 0 radical (unpaired) electrons. The van der Waals surface area contributed by atoms with Crippen molar-refractivity contribution < 1.29 is 5.11 Å². The number of thioether (sulfide) groups is 1. The summed E-state index contributed by atoms with van der Waals surface area (Å²) in [5, 5.41) is 9.13. The Hall–Kier alpha value is -0.520. The summed E-state index contributed by atoms with van der Waals surface area (Å²) >= 11 is 1.89. The SMILES string of the molecule is CCC(CC)(Cn1cncc1C(N)CO)SC. The predicted octanol–water partition coefficient (Wildman–Crippen LogP) is 1.80. The van der Waals surface area contributed by atoms with Crippen molar-refractivity contribution in [3.05, 3.63) is 18.2 Å². The Labute approximate surface area is 108 Å². The van der Waals surface area contributed by atoms with Gasteiger partial charge in [-0.3, -0.25) is 0 Å². The number of hydrogen-bond donors (Lipinski definition) is 2. The number of imidazole rings is 1. The van der Waals surface area contributed by atoms with E-state index in [0.717, 1.165) is 25.1 Å². The van der Waals surface area contributed by atoms with Crippen LogP contribution in [0.3, 0.4) is 0 Å². The number of nitrogens with two attached hydrogens (primary N) is 1. The first kappa shape index (κ1) is 14.5. The Balaban J connectivity index is 2.90. The van der Waals surface area contributed by atoms with Crippen molar-refractivity contribution in [2.24, 2.45) is 5.73 Å². The van der Waals surface area contributed by atoms with Crippen LogP contribution >= 0.6 is 11.8 Å². The molecule has 17 heavy (non-hydrogen) atoms. The van der Waals surface area contributed by atoms with Crippen LogP contribution in [0, 0.1) is 0 Å². The molecule has 0 aliphatic heterocycles. The lowest BCUT2D eigenvalue weighted by molar-refractivity contribution is 0.262. The number of aromatic nitrogens is 2. The molecule has 0 fully saturated rings. The fraction of sp³-hybridized carbons (Fsp3) is 0.750. The average Bonchev–Trinajstić information content (AvgIpc) is 2.83. The van der Waals surface area contributed by atoms with Crippen LogP contribution in [0.2, 0.25) is 0 Å². The summed E-state index contributed by atoms with van der Waals surface area (Å²) in [5.74, 6) is 0. The summed E-state index contributed by atoms with van der Waals surface area (Å²) in [6.45, 7) is 5.27. The molecule has 0 spiro atoms. The standard InChI is InChI=1S/C12H23N3OS/c1-4-12(5-2,17-3)8-15-9-14-6-11(15)10(13)7-16/h6,9-10,16H,4-5,7-8,13H2,1-3H3. The maximum absolute atomic E-state index is 9.13. The second kappa shape index (κ2) is 6.42. The van der Waals surface area contributed by atoms with E-state index in [1.807, 2.05) is 11.8 Å². The van der Waals surface area contributed by atoms with E-state index >= 15 is 0 Å². The van der Waals surface area contributed by atoms with Crippen molar-refractivity contribution in [2.45, 2.75) is 44.0 Å². The average molecular weight is 257 g/mol. The third kappa shape index (κ3) is 3.24. The normalized spacial score (nSPS) is 13.9. The molecule has 1 aromatic heterocycles. The Bertz CT molecular complexity index is 328. The van der Waals surface area contributed by atoms with Gasteiger partial charge in [0.2, 0.25) is 0 Å². The second-order valence-electron chi connectivity index (χ2n) is 4.33. The lowest BCUT2D eigenvalue weighted by Gasteiger charge is -2.31. The fourth-order valence-corrected chi connectivity index (χ4v) is 2.85. The van der Waals surface area contributed by atoms with E-state index in [4.69, 9.17) is 10.8 Å². The molecule has 98 valence electrons. The quantitative estimate of drug-likeness (QED) is 0.782. The lowest BCUT2D eigenvalue weighted by atomic mass is 10.0. The lowest BCUT2D eigenvalue weighted by Crippen LogP contribution is -2.31. The number of rotatable bonds is 7. The van der Waals surface area contributed by atoms with Gasteiger partial charge < -0.3 is 15.4 Å². The molecule has 5 heteroatoms. The third-order valence-corrected chi connectivity index (χ3v) is 5.07. The van der Waals surface area contributed by atoms with Gasteiger partial charge in [-0.25, -0.2) is 4.98 Å². The molecule has 1 aromatic rings. The molecule has 0 saturated heterocycles. The molecular weight excluding hydrogens is 234 g/mol. The van der Waals surface area contributed by atoms with E-state index in [1.54, 1.807) is 12.5 Å². The minimum atomic E-state index is -0.342. The Morgan fingerprint density at radius 1 is 1.53 bits per heavy atom. The Morgan fingerprint density at radius 2 is 2.18 bits per heavy atom. The second-order valence-corrected chi connectivity index (χ2v) is 5.60. The molecule has 0 aromatic carbocycles. The number of aliphatic hydroxyl groups excluding tert-OH is 1. The smallest absolute Gasteiger partial charge is 0.0949 e. The summed E-state index contributed by atoms with van der Waals surface area (Å²) in [6.07, 6.45) is 7.92. The van der Waals surface area contributed by atoms with Crippen LogP contribution in [0.25, 0.3) is 0 Å². The van der Waals surface area contributed by atoms with Gasteiger partial charge in [0, 0.05) is 17.5 Å². The van der Waals surface area contributed by atoms with Crippen molar-refractivity contribution in [1.82, 2.24) is 9.55 Å². The molecule has 0 saturated carbocycles. The molecule has 0 aliphatic carbocycles. The van der Waals surface area contributed by atoms with Gasteiger partial charge in [-0.05, 0) is 19.1 Å². The van der Waals surface area contributed by atoms with Gasteiger partial charge in [0.15, 0.2) is 0 Å². The highest BCUT2D eigenvalue weighted by Gasteiger charge is 2.26. The largest absolute Gasteiger partial charge is 0.394 e. The zero-order valence-corrected chi connectivity index (χ0v) is 11.7. The van der Waals surface area contributed by atoms with Crippen LogP contribution in [0.5, 0.6) is 0 Å². The van der Waals surface area contributed by atoms with E-state index in [0.29, 0.717) is 0 Å². The highest BCUT2D eigenvalue weighted by Crippen LogP contribution is 2.33. The van der Waals surface area contributed by atoms with E-state index < -0.39 is 0 Å². The first-order valence-electron chi connectivity index (χ1n) is 6.04. The van der Waals surface area contributed by atoms with Gasteiger partial charge in [-0.15, -0.1) is 0 Å². The predicted molar refractivity (Wildman–Crippen MR) is 73.1 cm³/mol. The molecule has 3 N–H and O–H groups in total. The van der Waals surface area contributed by atoms with Crippen molar-refractivity contribution in [3.8, 4) is 0 Å². The molecule has 4 nitrogen and oxygen atoms in total. The Kier molecular flexibility index (Phi) is 5.49. The van der Waals surface area contributed by atoms with Gasteiger partial charge in [0.05, 0.1) is 24.7 Å². The number of nitrogens with zero attached hydrogens (tertiary/aromatic N) is 2. The summed E-state index contributed by atoms with van der Waals surface area (Å²) in [5.41, 5.74) is 6.78. The molecule has 0 aliphatic rings. The van der Waals surface area contributed by atoms with E-state index in [1.165, 1.54) is 0 Å². The first-order valence-corrected chi connectivity index (χ1v) is 7.26. The van der Waals surface area contributed by atoms with Crippen LogP contribution in [0.15, 0.2) is 12.5 Å². The molecular formula is C12H23N3OS. The Morgan fingerprint density at radius 3 is 2.65 bits per heavy atom. The summed E-state index contributed by atoms with van der Waals surface area (Å²) in [7, 11) is 0. The van der Waals surface area contributed by atoms with Crippen LogP contribution in [0.1, 0.15) is 38.4 Å². The van der Waals surface area contributed by atoms with E-state index in [9.17, 15) is 0 Å². The van der Waals surface area contributed by atoms with Crippen molar-refractivity contribution >= 4 is 11.8 Å².